The summed E-state index contributed by atoms with van der Waals surface area (Å²) in [5.41, 5.74) is 3.35. The van der Waals surface area contributed by atoms with Gasteiger partial charge in [0.15, 0.2) is 0 Å². The third kappa shape index (κ3) is 3.57. The van der Waals surface area contributed by atoms with Gasteiger partial charge in [-0.05, 0) is 53.9 Å². The van der Waals surface area contributed by atoms with Gasteiger partial charge in [0.25, 0.3) is 10.0 Å². The van der Waals surface area contributed by atoms with E-state index in [0.717, 1.165) is 15.4 Å². The monoisotopic (exact) mass is 424 g/mol. The van der Waals surface area contributed by atoms with Crippen LogP contribution in [0.1, 0.15) is 25.3 Å². The fourth-order valence-corrected chi connectivity index (χ4v) is 5.19. The van der Waals surface area contributed by atoms with Crippen molar-refractivity contribution in [2.24, 2.45) is 0 Å². The number of rotatable bonds is 4. The molecule has 0 radical (unpaired) electrons. The molecule has 7 heteroatoms. The lowest BCUT2D eigenvalue weighted by Crippen LogP contribution is -2.40. The second kappa shape index (κ2) is 7.57. The number of hydrogen-bond acceptors (Lipinski definition) is 3. The molecule has 0 aromatic heterocycles. The number of hydrogen-bond donors (Lipinski definition) is 1. The van der Waals surface area contributed by atoms with Crippen molar-refractivity contribution < 1.29 is 17.6 Å². The molecule has 5 nitrogen and oxygen atoms in total. The number of fused-ring (bicyclic) bond motifs is 3. The smallest absolute Gasteiger partial charge is 0.265 e. The van der Waals surface area contributed by atoms with E-state index >= 15 is 0 Å². The Kier molecular flexibility index (Phi) is 5.07. The minimum absolute atomic E-state index is 0.174. The lowest BCUT2D eigenvalue weighted by Gasteiger charge is -2.32. The Morgan fingerprint density at radius 1 is 1.00 bits per heavy atom. The number of halogens is 1. The number of sulfonamides is 1. The van der Waals surface area contributed by atoms with Crippen molar-refractivity contribution in [1.82, 2.24) is 0 Å². The number of anilines is 2. The Morgan fingerprint density at radius 3 is 2.40 bits per heavy atom. The van der Waals surface area contributed by atoms with Crippen LogP contribution >= 0.6 is 0 Å². The van der Waals surface area contributed by atoms with Crippen LogP contribution in [0.25, 0.3) is 11.1 Å². The Labute approximate surface area is 175 Å². The maximum Gasteiger partial charge on any atom is 0.265 e. The molecule has 3 aromatic carbocycles. The molecule has 0 aliphatic carbocycles. The van der Waals surface area contributed by atoms with Crippen molar-refractivity contribution in [3.63, 3.8) is 0 Å². The summed E-state index contributed by atoms with van der Waals surface area (Å²) in [6, 6.07) is 17.7. The summed E-state index contributed by atoms with van der Waals surface area (Å²) in [5.74, 6) is -0.655. The summed E-state index contributed by atoms with van der Waals surface area (Å²) in [4.78, 5) is 12.8. The fraction of sp³-hybridized carbons (Fsp3) is 0.174. The second-order valence-electron chi connectivity index (χ2n) is 7.49. The van der Waals surface area contributed by atoms with Crippen molar-refractivity contribution in [1.29, 1.82) is 0 Å². The van der Waals surface area contributed by atoms with Gasteiger partial charge >= 0.3 is 0 Å². The van der Waals surface area contributed by atoms with Gasteiger partial charge in [0.1, 0.15) is 12.4 Å². The lowest BCUT2D eigenvalue weighted by molar-refractivity contribution is -0.114. The van der Waals surface area contributed by atoms with Crippen LogP contribution in [0.3, 0.4) is 0 Å². The molecular formula is C23H21FN2O3S. The standard InChI is InChI=1S/C23H21FN2O3S/c1-15(2)16-7-12-21-20(13-16)19-5-3-4-6-22(19)30(28,29)26(21)14-23(27)25-18-10-8-17(24)9-11-18/h3-13,15H,14H2,1-2H3,(H,25,27). The molecule has 154 valence electrons. The first kappa shape index (κ1) is 20.1. The molecule has 1 aliphatic heterocycles. The predicted molar refractivity (Wildman–Crippen MR) is 116 cm³/mol. The summed E-state index contributed by atoms with van der Waals surface area (Å²) in [6.45, 7) is 3.75. The summed E-state index contributed by atoms with van der Waals surface area (Å²) < 4.78 is 40.9. The zero-order valence-corrected chi connectivity index (χ0v) is 17.4. The number of benzene rings is 3. The van der Waals surface area contributed by atoms with Crippen molar-refractivity contribution in [3.8, 4) is 11.1 Å². The Balaban J connectivity index is 1.74. The van der Waals surface area contributed by atoms with Gasteiger partial charge in [0.05, 0.1) is 10.6 Å². The lowest BCUT2D eigenvalue weighted by atomic mass is 9.95. The van der Waals surface area contributed by atoms with Gasteiger partial charge in [-0.25, -0.2) is 12.8 Å². The van der Waals surface area contributed by atoms with Crippen LogP contribution in [-0.4, -0.2) is 20.9 Å². The normalized spacial score (nSPS) is 14.2. The zero-order valence-electron chi connectivity index (χ0n) is 16.6. The van der Waals surface area contributed by atoms with E-state index < -0.39 is 21.7 Å². The van der Waals surface area contributed by atoms with E-state index in [4.69, 9.17) is 0 Å². The van der Waals surface area contributed by atoms with Gasteiger partial charge in [-0.15, -0.1) is 0 Å². The van der Waals surface area contributed by atoms with E-state index in [-0.39, 0.29) is 17.4 Å². The average molecular weight is 424 g/mol. The number of carbonyl (C=O) groups is 1. The summed E-state index contributed by atoms with van der Waals surface area (Å²) in [7, 11) is -3.91. The molecule has 1 amide bonds. The minimum Gasteiger partial charge on any atom is -0.325 e. The maximum atomic E-state index is 13.3. The molecule has 0 fully saturated rings. The van der Waals surface area contributed by atoms with Gasteiger partial charge in [0, 0.05) is 16.8 Å². The molecule has 30 heavy (non-hydrogen) atoms. The molecule has 0 atom stereocenters. The van der Waals surface area contributed by atoms with Crippen LogP contribution in [0.4, 0.5) is 15.8 Å². The van der Waals surface area contributed by atoms with Crippen LogP contribution in [-0.2, 0) is 14.8 Å². The van der Waals surface area contributed by atoms with Gasteiger partial charge in [-0.1, -0.05) is 38.1 Å². The average Bonchev–Trinajstić information content (AvgIpc) is 2.72. The first-order valence-electron chi connectivity index (χ1n) is 9.59. The number of amides is 1. The van der Waals surface area contributed by atoms with Gasteiger partial charge < -0.3 is 5.32 Å². The number of nitrogens with one attached hydrogen (secondary N) is 1. The third-order valence-electron chi connectivity index (χ3n) is 5.12. The van der Waals surface area contributed by atoms with Crippen molar-refractivity contribution in [3.05, 3.63) is 78.1 Å². The van der Waals surface area contributed by atoms with E-state index in [1.165, 1.54) is 24.3 Å². The summed E-state index contributed by atoms with van der Waals surface area (Å²) >= 11 is 0. The van der Waals surface area contributed by atoms with E-state index in [9.17, 15) is 17.6 Å². The molecule has 0 bridgehead atoms. The highest BCUT2D eigenvalue weighted by Crippen LogP contribution is 2.43. The number of carbonyl (C=O) groups excluding carboxylic acids is 1. The summed E-state index contributed by atoms with van der Waals surface area (Å²) in [6.07, 6.45) is 0. The minimum atomic E-state index is -3.91. The zero-order chi connectivity index (χ0) is 21.5. The Hall–Kier alpha value is -3.19. The van der Waals surface area contributed by atoms with E-state index in [2.05, 4.69) is 19.2 Å². The van der Waals surface area contributed by atoms with E-state index in [1.807, 2.05) is 12.1 Å². The molecule has 0 unspecified atom stereocenters. The first-order chi connectivity index (χ1) is 14.3. The van der Waals surface area contributed by atoms with Crippen LogP contribution in [0.2, 0.25) is 0 Å². The molecule has 0 spiro atoms. The molecule has 1 N–H and O–H groups in total. The fourth-order valence-electron chi connectivity index (χ4n) is 3.54. The molecule has 4 rings (SSSR count). The topological polar surface area (TPSA) is 66.5 Å². The molecule has 0 saturated heterocycles. The summed E-state index contributed by atoms with van der Waals surface area (Å²) in [5, 5.41) is 2.63. The van der Waals surface area contributed by atoms with Gasteiger partial charge in [-0.3, -0.25) is 9.10 Å². The highest BCUT2D eigenvalue weighted by atomic mass is 32.2. The highest BCUT2D eigenvalue weighted by molar-refractivity contribution is 7.93. The third-order valence-corrected chi connectivity index (χ3v) is 6.93. The van der Waals surface area contributed by atoms with E-state index in [1.54, 1.807) is 30.3 Å². The molecule has 1 heterocycles. The van der Waals surface area contributed by atoms with Crippen molar-refractivity contribution in [2.45, 2.75) is 24.7 Å². The SMILES string of the molecule is CC(C)c1ccc2c(c1)-c1ccccc1S(=O)(=O)N2CC(=O)Nc1ccc(F)cc1. The highest BCUT2D eigenvalue weighted by Gasteiger charge is 2.36. The van der Waals surface area contributed by atoms with Gasteiger partial charge in [0.2, 0.25) is 5.91 Å². The quantitative estimate of drug-likeness (QED) is 0.656. The first-order valence-corrected chi connectivity index (χ1v) is 11.0. The van der Waals surface area contributed by atoms with E-state index in [0.29, 0.717) is 16.9 Å². The Morgan fingerprint density at radius 2 is 1.70 bits per heavy atom. The molecule has 0 saturated carbocycles. The molecular weight excluding hydrogens is 403 g/mol. The number of nitrogens with zero attached hydrogens (tertiary/aromatic N) is 1. The van der Waals surface area contributed by atoms with Gasteiger partial charge in [-0.2, -0.15) is 0 Å². The van der Waals surface area contributed by atoms with Crippen LogP contribution < -0.4 is 9.62 Å². The largest absolute Gasteiger partial charge is 0.325 e. The molecule has 1 aliphatic rings. The van der Waals surface area contributed by atoms with Crippen LogP contribution in [0.5, 0.6) is 0 Å². The van der Waals surface area contributed by atoms with Crippen molar-refractivity contribution in [2.75, 3.05) is 16.2 Å². The van der Waals surface area contributed by atoms with Crippen LogP contribution in [0.15, 0.2) is 71.6 Å². The van der Waals surface area contributed by atoms with Crippen molar-refractivity contribution >= 4 is 27.3 Å². The predicted octanol–water partition coefficient (Wildman–Crippen LogP) is 4.76. The second-order valence-corrected chi connectivity index (χ2v) is 9.32. The Bertz CT molecular complexity index is 1220. The maximum absolute atomic E-state index is 13.3. The van der Waals surface area contributed by atoms with Crippen LogP contribution in [0, 0.1) is 5.82 Å². The molecule has 3 aromatic rings.